The number of carbonyl (C=O) groups excluding carboxylic acids is 1. The first-order chi connectivity index (χ1) is 13.1. The summed E-state index contributed by atoms with van der Waals surface area (Å²) in [6.07, 6.45) is 8.84. The molecule has 0 saturated heterocycles. The average molecular weight is 379 g/mol. The van der Waals surface area contributed by atoms with E-state index in [2.05, 4.69) is 45.8 Å². The monoisotopic (exact) mass is 379 g/mol. The molecule has 0 bridgehead atoms. The molecule has 2 heterocycles. The van der Waals surface area contributed by atoms with Gasteiger partial charge in [-0.1, -0.05) is 29.5 Å². The molecule has 0 fully saturated rings. The normalized spacial score (nSPS) is 15.0. The summed E-state index contributed by atoms with van der Waals surface area (Å²) in [4.78, 5) is 17.2. The summed E-state index contributed by atoms with van der Waals surface area (Å²) in [5, 5.41) is 7.54. The van der Waals surface area contributed by atoms with E-state index in [9.17, 15) is 4.79 Å². The van der Waals surface area contributed by atoms with E-state index in [0.29, 0.717) is 12.3 Å². The van der Waals surface area contributed by atoms with Crippen molar-refractivity contribution in [2.24, 2.45) is 0 Å². The van der Waals surface area contributed by atoms with Gasteiger partial charge in [0.25, 0.3) is 0 Å². The largest absolute Gasteiger partial charge is 0.359 e. The Kier molecular flexibility index (Phi) is 4.90. The highest BCUT2D eigenvalue weighted by molar-refractivity contribution is 7.18. The number of rotatable bonds is 5. The summed E-state index contributed by atoms with van der Waals surface area (Å²) in [5.41, 5.74) is 4.19. The number of carbonyl (C=O) groups is 1. The van der Waals surface area contributed by atoms with Gasteiger partial charge in [0.05, 0.1) is 28.4 Å². The lowest BCUT2D eigenvalue weighted by Crippen LogP contribution is -2.27. The molecule has 1 aliphatic carbocycles. The van der Waals surface area contributed by atoms with Crippen molar-refractivity contribution in [1.29, 1.82) is 0 Å². The topological polar surface area (TPSA) is 68.0 Å². The molecule has 2 aromatic heterocycles. The number of nitrogens with one attached hydrogen (secondary N) is 1. The molecule has 1 amide bonds. The maximum absolute atomic E-state index is 12.5. The molecule has 1 aliphatic rings. The van der Waals surface area contributed by atoms with Crippen LogP contribution in [0.4, 0.5) is 0 Å². The number of amides is 1. The zero-order chi connectivity index (χ0) is 18.8. The van der Waals surface area contributed by atoms with Crippen LogP contribution >= 0.6 is 11.3 Å². The van der Waals surface area contributed by atoms with E-state index >= 15 is 0 Å². The van der Waals surface area contributed by atoms with Crippen LogP contribution in [0, 0.1) is 6.92 Å². The van der Waals surface area contributed by atoms with Crippen molar-refractivity contribution < 1.29 is 9.32 Å². The molecular formula is C21H21N3O2S. The van der Waals surface area contributed by atoms with Crippen LogP contribution in [0.15, 0.2) is 47.0 Å². The van der Waals surface area contributed by atoms with E-state index in [-0.39, 0.29) is 11.8 Å². The van der Waals surface area contributed by atoms with Crippen LogP contribution in [0.5, 0.6) is 0 Å². The molecule has 1 unspecified atom stereocenters. The summed E-state index contributed by atoms with van der Waals surface area (Å²) in [6.45, 7) is 4.07. The number of thiazole rings is 1. The second-order valence-corrected chi connectivity index (χ2v) is 7.81. The predicted molar refractivity (Wildman–Crippen MR) is 107 cm³/mol. The van der Waals surface area contributed by atoms with Crippen molar-refractivity contribution in [2.75, 3.05) is 0 Å². The third kappa shape index (κ3) is 3.85. The molecule has 0 saturated carbocycles. The van der Waals surface area contributed by atoms with E-state index in [1.54, 1.807) is 11.3 Å². The fourth-order valence-corrected chi connectivity index (χ4v) is 4.13. The Morgan fingerprint density at radius 1 is 1.33 bits per heavy atom. The molecule has 6 heteroatoms. The van der Waals surface area contributed by atoms with Crippen molar-refractivity contribution in [3.05, 3.63) is 64.5 Å². The number of allylic oxidation sites excluding steroid dienone is 4. The lowest BCUT2D eigenvalue weighted by atomic mass is 10.00. The van der Waals surface area contributed by atoms with E-state index in [0.717, 1.165) is 33.8 Å². The zero-order valence-corrected chi connectivity index (χ0v) is 16.2. The summed E-state index contributed by atoms with van der Waals surface area (Å²) in [7, 11) is 0. The second-order valence-electron chi connectivity index (χ2n) is 6.75. The van der Waals surface area contributed by atoms with Gasteiger partial charge in [0.2, 0.25) is 5.91 Å². The Bertz CT molecular complexity index is 1040. The van der Waals surface area contributed by atoms with Gasteiger partial charge in [-0.3, -0.25) is 4.79 Å². The van der Waals surface area contributed by atoms with E-state index in [1.807, 2.05) is 26.0 Å². The minimum absolute atomic E-state index is 0.0683. The van der Waals surface area contributed by atoms with Crippen LogP contribution in [0.1, 0.15) is 47.7 Å². The van der Waals surface area contributed by atoms with Crippen LogP contribution in [-0.4, -0.2) is 16.0 Å². The summed E-state index contributed by atoms with van der Waals surface area (Å²) in [6, 6.07) is 8.12. The average Bonchev–Trinajstić information content (AvgIpc) is 3.31. The van der Waals surface area contributed by atoms with Crippen molar-refractivity contribution in [3.8, 4) is 0 Å². The van der Waals surface area contributed by atoms with Gasteiger partial charge in [-0.05, 0) is 50.0 Å². The van der Waals surface area contributed by atoms with Crippen LogP contribution in [-0.2, 0) is 11.3 Å². The van der Waals surface area contributed by atoms with Crippen molar-refractivity contribution in [2.45, 2.75) is 39.2 Å². The molecule has 0 spiro atoms. The predicted octanol–water partition coefficient (Wildman–Crippen LogP) is 4.75. The van der Waals surface area contributed by atoms with Crippen LogP contribution < -0.4 is 5.32 Å². The Balaban J connectivity index is 1.49. The number of hydrogen-bond donors (Lipinski definition) is 1. The summed E-state index contributed by atoms with van der Waals surface area (Å²) in [5.74, 6) is 0.265. The first-order valence-electron chi connectivity index (χ1n) is 9.07. The molecule has 0 aliphatic heterocycles. The molecule has 1 aromatic carbocycles. The van der Waals surface area contributed by atoms with Crippen LogP contribution in [0.2, 0.25) is 0 Å². The summed E-state index contributed by atoms with van der Waals surface area (Å²) < 4.78 is 6.23. The van der Waals surface area contributed by atoms with Crippen LogP contribution in [0.25, 0.3) is 15.8 Å². The number of fused-ring (bicyclic) bond motifs is 1. The van der Waals surface area contributed by atoms with Crippen molar-refractivity contribution >= 4 is 33.0 Å². The number of hydrogen-bond acceptors (Lipinski definition) is 5. The number of aromatic nitrogens is 2. The molecular weight excluding hydrogens is 358 g/mol. The van der Waals surface area contributed by atoms with Gasteiger partial charge in [0.1, 0.15) is 5.01 Å². The maximum Gasteiger partial charge on any atom is 0.230 e. The maximum atomic E-state index is 12.5. The second kappa shape index (κ2) is 7.48. The third-order valence-corrected chi connectivity index (χ3v) is 5.81. The molecule has 27 heavy (non-hydrogen) atoms. The molecule has 138 valence electrons. The summed E-state index contributed by atoms with van der Waals surface area (Å²) >= 11 is 1.58. The van der Waals surface area contributed by atoms with Crippen LogP contribution in [0.3, 0.4) is 0 Å². The Morgan fingerprint density at radius 3 is 2.96 bits per heavy atom. The Hall–Kier alpha value is -2.73. The highest BCUT2D eigenvalue weighted by Gasteiger charge is 2.20. The lowest BCUT2D eigenvalue weighted by Gasteiger charge is -2.08. The molecule has 3 aromatic rings. The van der Waals surface area contributed by atoms with Gasteiger partial charge >= 0.3 is 0 Å². The van der Waals surface area contributed by atoms with Gasteiger partial charge in [-0.25, -0.2) is 4.98 Å². The molecule has 5 nitrogen and oxygen atoms in total. The van der Waals surface area contributed by atoms with Gasteiger partial charge in [0, 0.05) is 6.07 Å². The van der Waals surface area contributed by atoms with Gasteiger partial charge in [0.15, 0.2) is 5.76 Å². The fourth-order valence-electron chi connectivity index (χ4n) is 3.07. The molecule has 0 radical (unpaired) electrons. The van der Waals surface area contributed by atoms with Gasteiger partial charge in [-0.2, -0.15) is 0 Å². The zero-order valence-electron chi connectivity index (χ0n) is 15.4. The van der Waals surface area contributed by atoms with Gasteiger partial charge < -0.3 is 9.84 Å². The SMILES string of the molecule is Cc1cc(CNC(=O)C(C)c2nc3ccc(C4=CCCC=C4)cc3s2)on1. The van der Waals surface area contributed by atoms with E-state index < -0.39 is 0 Å². The molecule has 1 atom stereocenters. The Labute approximate surface area is 161 Å². The number of aryl methyl sites for hydroxylation is 1. The fraction of sp³-hybridized carbons (Fsp3) is 0.286. The molecule has 1 N–H and O–H groups in total. The number of benzene rings is 1. The Morgan fingerprint density at radius 2 is 2.22 bits per heavy atom. The quantitative estimate of drug-likeness (QED) is 0.695. The third-order valence-electron chi connectivity index (χ3n) is 4.61. The standard InChI is InChI=1S/C21H21N3O2S/c1-13-10-17(26-24-13)12-22-20(25)14(2)21-23-18-9-8-16(11-19(18)27-21)15-6-4-3-5-7-15/h4,6-11,14H,3,5,12H2,1-2H3,(H,22,25). The van der Waals surface area contributed by atoms with Crippen molar-refractivity contribution in [3.63, 3.8) is 0 Å². The van der Waals surface area contributed by atoms with E-state index in [4.69, 9.17) is 4.52 Å². The highest BCUT2D eigenvalue weighted by Crippen LogP contribution is 2.31. The molecule has 4 rings (SSSR count). The first kappa shape index (κ1) is 17.7. The van der Waals surface area contributed by atoms with Crippen molar-refractivity contribution in [1.82, 2.24) is 15.5 Å². The minimum Gasteiger partial charge on any atom is -0.359 e. The smallest absolute Gasteiger partial charge is 0.230 e. The minimum atomic E-state index is -0.316. The van der Waals surface area contributed by atoms with E-state index in [1.165, 1.54) is 11.1 Å². The first-order valence-corrected chi connectivity index (χ1v) is 9.89. The number of nitrogens with zero attached hydrogens (tertiary/aromatic N) is 2. The van der Waals surface area contributed by atoms with Gasteiger partial charge in [-0.15, -0.1) is 11.3 Å². The lowest BCUT2D eigenvalue weighted by molar-refractivity contribution is -0.122. The highest BCUT2D eigenvalue weighted by atomic mass is 32.1.